The van der Waals surface area contributed by atoms with Crippen LogP contribution in [0.5, 0.6) is 5.75 Å². The molecular formula is C21H25FN2O5. The van der Waals surface area contributed by atoms with Crippen LogP contribution < -0.4 is 15.4 Å². The number of nitrogens with one attached hydrogen (secondary N) is 2. The SMILES string of the molecule is O=C(COC(=O)COc1ccccc1F)NC(=O)NC12CC3CC(CC(C3)C1)C2. The van der Waals surface area contributed by atoms with Gasteiger partial charge in [-0.25, -0.2) is 14.0 Å². The third-order valence-corrected chi connectivity index (χ3v) is 6.22. The van der Waals surface area contributed by atoms with Gasteiger partial charge in [0.05, 0.1) is 0 Å². The smallest absolute Gasteiger partial charge is 0.344 e. The molecule has 7 nitrogen and oxygen atoms in total. The highest BCUT2D eigenvalue weighted by Gasteiger charge is 2.51. The molecule has 1 aromatic carbocycles. The van der Waals surface area contributed by atoms with Crippen LogP contribution in [0, 0.1) is 23.6 Å². The van der Waals surface area contributed by atoms with Crippen LogP contribution >= 0.6 is 0 Å². The fourth-order valence-electron chi connectivity index (χ4n) is 5.58. The summed E-state index contributed by atoms with van der Waals surface area (Å²) in [5, 5.41) is 5.24. The van der Waals surface area contributed by atoms with Gasteiger partial charge in [0.15, 0.2) is 24.8 Å². The molecular weight excluding hydrogens is 379 g/mol. The number of imide groups is 1. The van der Waals surface area contributed by atoms with Crippen molar-refractivity contribution < 1.29 is 28.2 Å². The van der Waals surface area contributed by atoms with Gasteiger partial charge in [-0.2, -0.15) is 0 Å². The van der Waals surface area contributed by atoms with E-state index in [4.69, 9.17) is 9.47 Å². The Kier molecular flexibility index (Phi) is 5.43. The monoisotopic (exact) mass is 404 g/mol. The summed E-state index contributed by atoms with van der Waals surface area (Å²) in [6, 6.07) is 5.11. The highest BCUT2D eigenvalue weighted by Crippen LogP contribution is 2.55. The van der Waals surface area contributed by atoms with Crippen molar-refractivity contribution in [2.45, 2.75) is 44.1 Å². The summed E-state index contributed by atoms with van der Waals surface area (Å²) in [5.74, 6) is -0.201. The Morgan fingerprint density at radius 3 is 2.24 bits per heavy atom. The number of benzene rings is 1. The molecule has 0 radical (unpaired) electrons. The van der Waals surface area contributed by atoms with E-state index in [-0.39, 0.29) is 11.3 Å². The Morgan fingerprint density at radius 2 is 1.62 bits per heavy atom. The standard InChI is InChI=1S/C21H25FN2O5/c22-16-3-1-2-4-17(16)28-12-19(26)29-11-18(25)23-20(27)24-21-8-13-5-14(9-21)7-15(6-13)10-21/h1-4,13-15H,5-12H2,(H2,23,24,25,27). The molecule has 4 aliphatic rings. The van der Waals surface area contributed by atoms with Crippen molar-refractivity contribution >= 4 is 17.9 Å². The fourth-order valence-corrected chi connectivity index (χ4v) is 5.58. The number of ether oxygens (including phenoxy) is 2. The molecule has 4 bridgehead atoms. The highest BCUT2D eigenvalue weighted by molar-refractivity contribution is 5.95. The van der Waals surface area contributed by atoms with Crippen molar-refractivity contribution in [1.29, 1.82) is 0 Å². The molecule has 0 unspecified atom stereocenters. The van der Waals surface area contributed by atoms with Crippen LogP contribution in [0.1, 0.15) is 38.5 Å². The van der Waals surface area contributed by atoms with Gasteiger partial charge < -0.3 is 14.8 Å². The molecule has 2 N–H and O–H groups in total. The number of carbonyl (C=O) groups is 3. The highest BCUT2D eigenvalue weighted by atomic mass is 19.1. The first kappa shape index (κ1) is 19.7. The van der Waals surface area contributed by atoms with Gasteiger partial charge in [-0.1, -0.05) is 12.1 Å². The number of hydrogen-bond donors (Lipinski definition) is 2. The maximum Gasteiger partial charge on any atom is 0.344 e. The minimum absolute atomic E-state index is 0.0798. The van der Waals surface area contributed by atoms with Gasteiger partial charge in [0.1, 0.15) is 0 Å². The molecule has 1 aromatic rings. The molecule has 0 saturated heterocycles. The Balaban J connectivity index is 1.18. The molecule has 4 fully saturated rings. The van der Waals surface area contributed by atoms with Crippen molar-refractivity contribution in [1.82, 2.24) is 10.6 Å². The normalized spacial score (nSPS) is 29.2. The molecule has 156 valence electrons. The second kappa shape index (κ2) is 8.00. The molecule has 3 amide bonds. The Morgan fingerprint density at radius 1 is 1.00 bits per heavy atom. The average Bonchev–Trinajstić information content (AvgIpc) is 2.64. The summed E-state index contributed by atoms with van der Waals surface area (Å²) in [5.41, 5.74) is -0.205. The van der Waals surface area contributed by atoms with Crippen LogP contribution in [0.2, 0.25) is 0 Å². The maximum absolute atomic E-state index is 13.4. The molecule has 0 heterocycles. The molecule has 4 aliphatic carbocycles. The van der Waals surface area contributed by atoms with Gasteiger partial charge in [0, 0.05) is 5.54 Å². The van der Waals surface area contributed by atoms with Crippen LogP contribution in [0.15, 0.2) is 24.3 Å². The van der Waals surface area contributed by atoms with Crippen molar-refractivity contribution in [3.8, 4) is 5.75 Å². The topological polar surface area (TPSA) is 93.7 Å². The zero-order chi connectivity index (χ0) is 20.4. The van der Waals surface area contributed by atoms with Gasteiger partial charge in [-0.15, -0.1) is 0 Å². The minimum Gasteiger partial charge on any atom is -0.479 e. The third kappa shape index (κ3) is 4.68. The van der Waals surface area contributed by atoms with Crippen molar-refractivity contribution in [3.63, 3.8) is 0 Å². The molecule has 0 aliphatic heterocycles. The minimum atomic E-state index is -0.829. The first-order chi connectivity index (χ1) is 13.9. The van der Waals surface area contributed by atoms with Gasteiger partial charge in [-0.05, 0) is 68.4 Å². The van der Waals surface area contributed by atoms with Gasteiger partial charge in [0.25, 0.3) is 5.91 Å². The van der Waals surface area contributed by atoms with Crippen LogP contribution in [-0.4, -0.2) is 36.7 Å². The predicted octanol–water partition coefficient (Wildman–Crippen LogP) is 2.54. The number of carbonyl (C=O) groups excluding carboxylic acids is 3. The maximum atomic E-state index is 13.4. The van der Waals surface area contributed by atoms with Crippen LogP contribution in [0.3, 0.4) is 0 Å². The van der Waals surface area contributed by atoms with Crippen LogP contribution in [0.4, 0.5) is 9.18 Å². The quantitative estimate of drug-likeness (QED) is 0.711. The lowest BCUT2D eigenvalue weighted by molar-refractivity contribution is -0.150. The second-order valence-corrected chi connectivity index (χ2v) is 8.58. The van der Waals surface area contributed by atoms with Gasteiger partial charge in [0.2, 0.25) is 0 Å². The Bertz CT molecular complexity index is 777. The van der Waals surface area contributed by atoms with Crippen molar-refractivity contribution in [2.75, 3.05) is 13.2 Å². The lowest BCUT2D eigenvalue weighted by Gasteiger charge is -2.56. The second-order valence-electron chi connectivity index (χ2n) is 8.58. The van der Waals surface area contributed by atoms with E-state index in [9.17, 15) is 18.8 Å². The number of esters is 1. The lowest BCUT2D eigenvalue weighted by atomic mass is 9.53. The summed E-state index contributed by atoms with van der Waals surface area (Å²) in [7, 11) is 0. The summed E-state index contributed by atoms with van der Waals surface area (Å²) < 4.78 is 23.2. The number of hydrogen-bond acceptors (Lipinski definition) is 5. The number of rotatable bonds is 6. The van der Waals surface area contributed by atoms with Crippen LogP contribution in [-0.2, 0) is 14.3 Å². The van der Waals surface area contributed by atoms with Gasteiger partial charge >= 0.3 is 12.0 Å². The van der Waals surface area contributed by atoms with E-state index in [2.05, 4.69) is 10.6 Å². The first-order valence-corrected chi connectivity index (χ1v) is 10.1. The van der Waals surface area contributed by atoms with Crippen molar-refractivity contribution in [3.05, 3.63) is 30.1 Å². The van der Waals surface area contributed by atoms with E-state index in [1.807, 2.05) is 0 Å². The summed E-state index contributed by atoms with van der Waals surface area (Å²) in [6.45, 7) is -1.14. The number of urea groups is 1. The van der Waals surface area contributed by atoms with E-state index < -0.39 is 36.9 Å². The molecule has 0 atom stereocenters. The predicted molar refractivity (Wildman–Crippen MR) is 100 cm³/mol. The molecule has 8 heteroatoms. The molecule has 0 aromatic heterocycles. The summed E-state index contributed by atoms with van der Waals surface area (Å²) in [6.07, 6.45) is 6.69. The molecule has 5 rings (SSSR count). The number of halogens is 1. The van der Waals surface area contributed by atoms with E-state index >= 15 is 0 Å². The number of amides is 3. The van der Waals surface area contributed by atoms with Gasteiger partial charge in [-0.3, -0.25) is 10.1 Å². The number of para-hydroxylation sites is 1. The lowest BCUT2D eigenvalue weighted by Crippen LogP contribution is -2.62. The molecule has 29 heavy (non-hydrogen) atoms. The zero-order valence-corrected chi connectivity index (χ0v) is 16.1. The summed E-state index contributed by atoms with van der Waals surface area (Å²) >= 11 is 0. The molecule has 4 saturated carbocycles. The zero-order valence-electron chi connectivity index (χ0n) is 16.1. The summed E-state index contributed by atoms with van der Waals surface area (Å²) in [4.78, 5) is 35.9. The first-order valence-electron chi connectivity index (χ1n) is 10.1. The Labute approximate surface area is 168 Å². The van der Waals surface area contributed by atoms with E-state index in [1.165, 1.54) is 37.5 Å². The Hall–Kier alpha value is -2.64. The fraction of sp³-hybridized carbons (Fsp3) is 0.571. The van der Waals surface area contributed by atoms with E-state index in [0.717, 1.165) is 19.3 Å². The van der Waals surface area contributed by atoms with Crippen molar-refractivity contribution in [2.24, 2.45) is 17.8 Å². The molecule has 0 spiro atoms. The van der Waals surface area contributed by atoms with E-state index in [0.29, 0.717) is 17.8 Å². The largest absolute Gasteiger partial charge is 0.479 e. The third-order valence-electron chi connectivity index (χ3n) is 6.22. The van der Waals surface area contributed by atoms with Crippen LogP contribution in [0.25, 0.3) is 0 Å². The average molecular weight is 404 g/mol. The van der Waals surface area contributed by atoms with E-state index in [1.54, 1.807) is 6.07 Å².